The van der Waals surface area contributed by atoms with Gasteiger partial charge < -0.3 is 15.2 Å². The van der Waals surface area contributed by atoms with Crippen molar-refractivity contribution in [1.29, 1.82) is 0 Å². The number of rotatable bonds is 6. The maximum atomic E-state index is 12.0. The molecule has 1 aliphatic rings. The lowest BCUT2D eigenvalue weighted by Crippen LogP contribution is -2.37. The van der Waals surface area contributed by atoms with Crippen molar-refractivity contribution in [2.24, 2.45) is 5.73 Å². The molecule has 2 N–H and O–H groups in total. The number of sulfone groups is 1. The Balaban J connectivity index is 1.95. The Morgan fingerprint density at radius 3 is 2.47 bits per heavy atom. The predicted octanol–water partition coefficient (Wildman–Crippen LogP) is 0.510. The second-order valence-corrected chi connectivity index (χ2v) is 6.79. The summed E-state index contributed by atoms with van der Waals surface area (Å²) in [6, 6.07) is 6.23. The molecule has 0 aliphatic carbocycles. The van der Waals surface area contributed by atoms with Crippen LogP contribution >= 0.6 is 12.2 Å². The van der Waals surface area contributed by atoms with Gasteiger partial charge in [-0.05, 0) is 12.1 Å². The van der Waals surface area contributed by atoms with Crippen molar-refractivity contribution in [3.8, 4) is 0 Å². The third-order valence-electron chi connectivity index (χ3n) is 2.81. The van der Waals surface area contributed by atoms with Crippen molar-refractivity contribution in [1.82, 2.24) is 0 Å². The van der Waals surface area contributed by atoms with E-state index in [9.17, 15) is 8.42 Å². The lowest BCUT2D eigenvalue weighted by atomic mass is 10.2. The minimum atomic E-state index is -3.33. The SMILES string of the molecule is NC(=S)c1ccc(S(=O)(=O)CCOC2COC2)cc1. The van der Waals surface area contributed by atoms with Crippen LogP contribution in [-0.4, -0.2) is 45.1 Å². The summed E-state index contributed by atoms with van der Waals surface area (Å²) in [4.78, 5) is 0.498. The first-order chi connectivity index (χ1) is 8.99. The van der Waals surface area contributed by atoms with Crippen LogP contribution in [0.2, 0.25) is 0 Å². The number of ether oxygens (including phenoxy) is 2. The molecule has 1 fully saturated rings. The van der Waals surface area contributed by atoms with Crippen molar-refractivity contribution in [2.75, 3.05) is 25.6 Å². The zero-order valence-electron chi connectivity index (χ0n) is 10.2. The summed E-state index contributed by atoms with van der Waals surface area (Å²) in [7, 11) is -3.33. The van der Waals surface area contributed by atoms with Gasteiger partial charge in [-0.25, -0.2) is 8.42 Å². The van der Waals surface area contributed by atoms with Crippen LogP contribution < -0.4 is 5.73 Å². The zero-order valence-corrected chi connectivity index (χ0v) is 11.9. The summed E-state index contributed by atoms with van der Waals surface area (Å²) in [6.45, 7) is 1.26. The molecule has 0 unspecified atom stereocenters. The van der Waals surface area contributed by atoms with Crippen molar-refractivity contribution in [3.63, 3.8) is 0 Å². The number of benzene rings is 1. The van der Waals surface area contributed by atoms with Gasteiger partial charge in [0.2, 0.25) is 0 Å². The van der Waals surface area contributed by atoms with E-state index in [1.807, 2.05) is 0 Å². The minimum Gasteiger partial charge on any atom is -0.389 e. The van der Waals surface area contributed by atoms with Gasteiger partial charge in [-0.1, -0.05) is 24.4 Å². The third kappa shape index (κ3) is 3.73. The highest BCUT2D eigenvalue weighted by atomic mass is 32.2. The molecule has 0 radical (unpaired) electrons. The van der Waals surface area contributed by atoms with Crippen molar-refractivity contribution in [3.05, 3.63) is 29.8 Å². The van der Waals surface area contributed by atoms with Crippen molar-refractivity contribution >= 4 is 27.0 Å². The van der Waals surface area contributed by atoms with E-state index < -0.39 is 9.84 Å². The highest BCUT2D eigenvalue weighted by Gasteiger charge is 2.21. The highest BCUT2D eigenvalue weighted by Crippen LogP contribution is 2.13. The smallest absolute Gasteiger partial charge is 0.180 e. The molecule has 7 heteroatoms. The molecule has 0 amide bonds. The molecule has 2 rings (SSSR count). The zero-order chi connectivity index (χ0) is 13.9. The summed E-state index contributed by atoms with van der Waals surface area (Å²) >= 11 is 4.81. The van der Waals surface area contributed by atoms with E-state index in [2.05, 4.69) is 0 Å². The summed E-state index contributed by atoms with van der Waals surface area (Å²) in [5.41, 5.74) is 6.11. The topological polar surface area (TPSA) is 78.6 Å². The van der Waals surface area contributed by atoms with Crippen LogP contribution in [0.1, 0.15) is 5.56 Å². The molecular formula is C12H15NO4S2. The van der Waals surface area contributed by atoms with Crippen LogP contribution in [0.25, 0.3) is 0 Å². The summed E-state index contributed by atoms with van der Waals surface area (Å²) in [5.74, 6) is -0.0457. The van der Waals surface area contributed by atoms with E-state index in [0.29, 0.717) is 18.8 Å². The standard InChI is InChI=1S/C12H15NO4S2/c13-12(18)9-1-3-11(4-2-9)19(14,15)6-5-17-10-7-16-8-10/h1-4,10H,5-8H2,(H2,13,18). The maximum absolute atomic E-state index is 12.0. The van der Waals surface area contributed by atoms with Gasteiger partial charge in [-0.2, -0.15) is 0 Å². The van der Waals surface area contributed by atoms with Gasteiger partial charge in [0.25, 0.3) is 0 Å². The molecule has 0 aromatic heterocycles. The molecule has 1 heterocycles. The van der Waals surface area contributed by atoms with Gasteiger partial charge >= 0.3 is 0 Å². The minimum absolute atomic E-state index is 0.0344. The molecule has 5 nitrogen and oxygen atoms in total. The molecule has 1 aromatic rings. The molecule has 0 atom stereocenters. The molecule has 1 aliphatic heterocycles. The Bertz CT molecular complexity index is 550. The average molecular weight is 301 g/mol. The molecule has 19 heavy (non-hydrogen) atoms. The maximum Gasteiger partial charge on any atom is 0.180 e. The molecule has 104 valence electrons. The lowest BCUT2D eigenvalue weighted by Gasteiger charge is -2.25. The molecule has 0 saturated carbocycles. The van der Waals surface area contributed by atoms with E-state index in [4.69, 9.17) is 27.4 Å². The Kier molecular flexibility index (Phi) is 4.51. The average Bonchev–Trinajstić information content (AvgIpc) is 2.32. The van der Waals surface area contributed by atoms with Crippen molar-refractivity contribution < 1.29 is 17.9 Å². The Morgan fingerprint density at radius 2 is 2.00 bits per heavy atom. The van der Waals surface area contributed by atoms with E-state index in [-0.39, 0.29) is 28.3 Å². The second kappa shape index (κ2) is 5.96. The summed E-state index contributed by atoms with van der Waals surface area (Å²) in [5, 5.41) is 0. The Labute approximate surface area is 117 Å². The summed E-state index contributed by atoms with van der Waals surface area (Å²) in [6.07, 6.45) is 0.0344. The monoisotopic (exact) mass is 301 g/mol. The first kappa shape index (κ1) is 14.4. The predicted molar refractivity (Wildman–Crippen MR) is 74.9 cm³/mol. The van der Waals surface area contributed by atoms with Crippen molar-refractivity contribution in [2.45, 2.75) is 11.0 Å². The summed E-state index contributed by atoms with van der Waals surface area (Å²) < 4.78 is 34.3. The van der Waals surface area contributed by atoms with Crippen LogP contribution in [0.5, 0.6) is 0 Å². The van der Waals surface area contributed by atoms with E-state index in [1.165, 1.54) is 12.1 Å². The highest BCUT2D eigenvalue weighted by molar-refractivity contribution is 7.91. The number of hydrogen-bond acceptors (Lipinski definition) is 5. The molecule has 0 spiro atoms. The van der Waals surface area contributed by atoms with Gasteiger partial charge in [0.15, 0.2) is 9.84 Å². The van der Waals surface area contributed by atoms with Gasteiger partial charge in [0.1, 0.15) is 11.1 Å². The van der Waals surface area contributed by atoms with Gasteiger partial charge in [-0.3, -0.25) is 0 Å². The molecular weight excluding hydrogens is 286 g/mol. The van der Waals surface area contributed by atoms with E-state index in [1.54, 1.807) is 12.1 Å². The largest absolute Gasteiger partial charge is 0.389 e. The Morgan fingerprint density at radius 1 is 1.37 bits per heavy atom. The lowest BCUT2D eigenvalue weighted by molar-refractivity contribution is -0.126. The number of hydrogen-bond donors (Lipinski definition) is 1. The first-order valence-corrected chi connectivity index (χ1v) is 7.87. The van der Waals surface area contributed by atoms with E-state index >= 15 is 0 Å². The first-order valence-electron chi connectivity index (χ1n) is 5.81. The molecule has 1 saturated heterocycles. The van der Waals surface area contributed by atoms with Crippen LogP contribution in [-0.2, 0) is 19.3 Å². The molecule has 1 aromatic carbocycles. The fraction of sp³-hybridized carbons (Fsp3) is 0.417. The fourth-order valence-corrected chi connectivity index (χ4v) is 2.82. The van der Waals surface area contributed by atoms with E-state index in [0.717, 1.165) is 0 Å². The van der Waals surface area contributed by atoms with Crippen LogP contribution in [0, 0.1) is 0 Å². The quantitative estimate of drug-likeness (QED) is 0.771. The van der Waals surface area contributed by atoms with Crippen LogP contribution in [0.15, 0.2) is 29.2 Å². The number of nitrogens with two attached hydrogens (primary N) is 1. The van der Waals surface area contributed by atoms with Gasteiger partial charge in [0.05, 0.1) is 30.5 Å². The second-order valence-electron chi connectivity index (χ2n) is 4.24. The van der Waals surface area contributed by atoms with Gasteiger partial charge in [0, 0.05) is 5.56 Å². The van der Waals surface area contributed by atoms with Gasteiger partial charge in [-0.15, -0.1) is 0 Å². The fourth-order valence-electron chi connectivity index (χ4n) is 1.58. The third-order valence-corrected chi connectivity index (χ3v) is 4.74. The Hall–Kier alpha value is -1.02. The van der Waals surface area contributed by atoms with Crippen LogP contribution in [0.3, 0.4) is 0 Å². The molecule has 0 bridgehead atoms. The van der Waals surface area contributed by atoms with Crippen LogP contribution in [0.4, 0.5) is 0 Å². The normalized spacial score (nSPS) is 16.0. The number of thiocarbonyl (C=S) groups is 1.